The quantitative estimate of drug-likeness (QED) is 0.759. The molecule has 27 heavy (non-hydrogen) atoms. The van der Waals surface area contributed by atoms with Gasteiger partial charge in [-0.05, 0) is 22.3 Å². The Labute approximate surface area is 156 Å². The first kappa shape index (κ1) is 18.4. The van der Waals surface area contributed by atoms with Crippen LogP contribution in [0.15, 0.2) is 48.5 Å². The van der Waals surface area contributed by atoms with Crippen molar-refractivity contribution in [2.45, 2.75) is 5.92 Å². The fraction of sp³-hybridized carbons (Fsp3) is 0.250. The Hall–Kier alpha value is -3.35. The van der Waals surface area contributed by atoms with Crippen LogP contribution in [0.2, 0.25) is 0 Å². The average Bonchev–Trinajstić information content (AvgIpc) is 3.02. The highest BCUT2D eigenvalue weighted by molar-refractivity contribution is 5.85. The van der Waals surface area contributed by atoms with E-state index in [1.165, 1.54) is 7.11 Å². The van der Waals surface area contributed by atoms with Crippen molar-refractivity contribution in [3.63, 3.8) is 0 Å². The molecule has 0 fully saturated rings. The Morgan fingerprint density at radius 2 is 1.48 bits per heavy atom. The number of amides is 2. The second-order valence-electron chi connectivity index (χ2n) is 6.03. The van der Waals surface area contributed by atoms with Gasteiger partial charge in [0.15, 0.2) is 0 Å². The molecule has 0 spiro atoms. The van der Waals surface area contributed by atoms with Gasteiger partial charge in [0.25, 0.3) is 0 Å². The monoisotopic (exact) mass is 368 g/mol. The zero-order valence-corrected chi connectivity index (χ0v) is 14.9. The maximum Gasteiger partial charge on any atom is 0.407 e. The Kier molecular flexibility index (Phi) is 5.71. The predicted octanol–water partition coefficient (Wildman–Crippen LogP) is 1.81. The Balaban J connectivity index is 1.54. The van der Waals surface area contributed by atoms with Crippen LogP contribution in [0.1, 0.15) is 17.0 Å². The van der Waals surface area contributed by atoms with Gasteiger partial charge in [-0.2, -0.15) is 0 Å². The number of hydrogen-bond donors (Lipinski definition) is 2. The lowest BCUT2D eigenvalue weighted by Crippen LogP contribution is -2.39. The summed E-state index contributed by atoms with van der Waals surface area (Å²) in [5, 5.41) is 4.70. The molecule has 0 aromatic heterocycles. The Morgan fingerprint density at radius 1 is 0.889 bits per heavy atom. The molecule has 0 heterocycles. The van der Waals surface area contributed by atoms with Gasteiger partial charge in [0.1, 0.15) is 19.7 Å². The number of carbonyl (C=O) groups is 3. The maximum atomic E-state index is 11.9. The molecule has 0 saturated heterocycles. The lowest BCUT2D eigenvalue weighted by Gasteiger charge is -2.14. The number of hydrogen-bond acceptors (Lipinski definition) is 5. The number of methoxy groups -OCH3 is 1. The SMILES string of the molecule is COC(=O)CNC(=O)CNC(=O)OCC1c2ccccc2-c2ccccc21. The first-order chi connectivity index (χ1) is 13.1. The molecule has 1 aliphatic carbocycles. The van der Waals surface area contributed by atoms with Crippen LogP contribution in [-0.4, -0.2) is 44.8 Å². The number of ether oxygens (including phenoxy) is 2. The number of alkyl carbamates (subject to hydrolysis) is 1. The van der Waals surface area contributed by atoms with Gasteiger partial charge in [-0.15, -0.1) is 0 Å². The number of fused-ring (bicyclic) bond motifs is 3. The molecule has 0 aliphatic heterocycles. The van der Waals surface area contributed by atoms with Crippen LogP contribution in [0.4, 0.5) is 4.79 Å². The van der Waals surface area contributed by atoms with E-state index in [1.807, 2.05) is 36.4 Å². The van der Waals surface area contributed by atoms with Crippen molar-refractivity contribution in [2.75, 3.05) is 26.8 Å². The van der Waals surface area contributed by atoms with Gasteiger partial charge in [-0.25, -0.2) is 4.79 Å². The largest absolute Gasteiger partial charge is 0.468 e. The Morgan fingerprint density at radius 3 is 2.07 bits per heavy atom. The summed E-state index contributed by atoms with van der Waals surface area (Å²) in [6.07, 6.45) is -0.690. The highest BCUT2D eigenvalue weighted by Gasteiger charge is 2.28. The van der Waals surface area contributed by atoms with E-state index in [2.05, 4.69) is 27.5 Å². The number of nitrogens with one attached hydrogen (secondary N) is 2. The summed E-state index contributed by atoms with van der Waals surface area (Å²) in [5.41, 5.74) is 4.51. The van der Waals surface area contributed by atoms with E-state index >= 15 is 0 Å². The summed E-state index contributed by atoms with van der Waals surface area (Å²) in [5.74, 6) is -1.12. The van der Waals surface area contributed by atoms with Gasteiger partial charge in [0.2, 0.25) is 5.91 Å². The summed E-state index contributed by atoms with van der Waals surface area (Å²) < 4.78 is 9.73. The third-order valence-electron chi connectivity index (χ3n) is 4.39. The lowest BCUT2D eigenvalue weighted by atomic mass is 9.98. The van der Waals surface area contributed by atoms with Crippen molar-refractivity contribution < 1.29 is 23.9 Å². The third-order valence-corrected chi connectivity index (χ3v) is 4.39. The van der Waals surface area contributed by atoms with Crippen LogP contribution < -0.4 is 10.6 Å². The Bertz CT molecular complexity index is 819. The van der Waals surface area contributed by atoms with Crippen LogP contribution in [0.5, 0.6) is 0 Å². The van der Waals surface area contributed by atoms with Gasteiger partial charge >= 0.3 is 12.1 Å². The fourth-order valence-corrected chi connectivity index (χ4v) is 3.11. The minimum atomic E-state index is -0.690. The highest BCUT2D eigenvalue weighted by atomic mass is 16.5. The molecule has 7 heteroatoms. The van der Waals surface area contributed by atoms with Crippen molar-refractivity contribution in [1.29, 1.82) is 0 Å². The van der Waals surface area contributed by atoms with Gasteiger partial charge in [-0.3, -0.25) is 9.59 Å². The summed E-state index contributed by atoms with van der Waals surface area (Å²) in [4.78, 5) is 34.4. The van der Waals surface area contributed by atoms with Crippen molar-refractivity contribution in [3.8, 4) is 11.1 Å². The number of esters is 1. The van der Waals surface area contributed by atoms with Crippen molar-refractivity contribution in [1.82, 2.24) is 10.6 Å². The van der Waals surface area contributed by atoms with E-state index in [-0.39, 0.29) is 25.6 Å². The zero-order valence-electron chi connectivity index (χ0n) is 14.9. The summed E-state index contributed by atoms with van der Waals surface area (Å²) in [7, 11) is 1.23. The van der Waals surface area contributed by atoms with E-state index in [0.717, 1.165) is 22.3 Å². The van der Waals surface area contributed by atoms with Crippen LogP contribution in [0.25, 0.3) is 11.1 Å². The smallest absolute Gasteiger partial charge is 0.407 e. The topological polar surface area (TPSA) is 93.7 Å². The zero-order chi connectivity index (χ0) is 19.2. The van der Waals surface area contributed by atoms with Crippen LogP contribution in [0, 0.1) is 0 Å². The summed E-state index contributed by atoms with van der Waals surface area (Å²) >= 11 is 0. The second-order valence-corrected chi connectivity index (χ2v) is 6.03. The third kappa shape index (κ3) is 4.25. The average molecular weight is 368 g/mol. The van der Waals surface area contributed by atoms with E-state index in [0.29, 0.717) is 0 Å². The first-order valence-electron chi connectivity index (χ1n) is 8.52. The lowest BCUT2D eigenvalue weighted by molar-refractivity contribution is -0.141. The molecule has 1 aliphatic rings. The summed E-state index contributed by atoms with van der Waals surface area (Å²) in [6.45, 7) is -0.362. The molecule has 0 atom stereocenters. The highest BCUT2D eigenvalue weighted by Crippen LogP contribution is 2.44. The number of rotatable bonds is 6. The molecular weight excluding hydrogens is 348 g/mol. The molecule has 2 N–H and O–H groups in total. The van der Waals surface area contributed by atoms with Crippen molar-refractivity contribution >= 4 is 18.0 Å². The van der Waals surface area contributed by atoms with E-state index in [1.54, 1.807) is 0 Å². The van der Waals surface area contributed by atoms with Crippen molar-refractivity contribution in [2.24, 2.45) is 0 Å². The van der Waals surface area contributed by atoms with Crippen molar-refractivity contribution in [3.05, 3.63) is 59.7 Å². The van der Waals surface area contributed by atoms with Gasteiger partial charge in [-0.1, -0.05) is 48.5 Å². The van der Waals surface area contributed by atoms with E-state index in [9.17, 15) is 14.4 Å². The van der Waals surface area contributed by atoms with Crippen LogP contribution in [-0.2, 0) is 19.1 Å². The molecule has 2 amide bonds. The predicted molar refractivity (Wildman–Crippen MR) is 98.1 cm³/mol. The number of benzene rings is 2. The summed E-state index contributed by atoms with van der Waals surface area (Å²) in [6, 6.07) is 16.1. The van der Waals surface area contributed by atoms with Crippen LogP contribution in [0.3, 0.4) is 0 Å². The fourth-order valence-electron chi connectivity index (χ4n) is 3.11. The molecule has 0 saturated carbocycles. The molecule has 2 aromatic rings. The first-order valence-corrected chi connectivity index (χ1v) is 8.52. The molecule has 2 aromatic carbocycles. The molecule has 0 radical (unpaired) electrons. The minimum absolute atomic E-state index is 0.0451. The van der Waals surface area contributed by atoms with E-state index < -0.39 is 18.0 Å². The molecule has 0 bridgehead atoms. The molecule has 7 nitrogen and oxygen atoms in total. The van der Waals surface area contributed by atoms with Crippen LogP contribution >= 0.6 is 0 Å². The van der Waals surface area contributed by atoms with Gasteiger partial charge < -0.3 is 20.1 Å². The normalized spacial score (nSPS) is 11.9. The number of carbonyl (C=O) groups excluding carboxylic acids is 3. The minimum Gasteiger partial charge on any atom is -0.468 e. The van der Waals surface area contributed by atoms with Gasteiger partial charge in [0, 0.05) is 5.92 Å². The molecule has 3 rings (SSSR count). The molecular formula is C20H20N2O5. The standard InChI is InChI=1S/C20H20N2O5/c1-26-19(24)11-21-18(23)10-22-20(25)27-12-17-15-8-4-2-6-13(15)14-7-3-5-9-16(14)17/h2-9,17H,10-12H2,1H3,(H,21,23)(H,22,25). The second kappa shape index (κ2) is 8.35. The van der Waals surface area contributed by atoms with Gasteiger partial charge in [0.05, 0.1) is 7.11 Å². The maximum absolute atomic E-state index is 11.9. The van der Waals surface area contributed by atoms with E-state index in [4.69, 9.17) is 4.74 Å². The molecule has 140 valence electrons. The molecule has 0 unspecified atom stereocenters.